The van der Waals surface area contributed by atoms with Crippen molar-refractivity contribution in [3.05, 3.63) is 42.1 Å². The van der Waals surface area contributed by atoms with Crippen molar-refractivity contribution in [1.29, 1.82) is 0 Å². The number of carbonyl (C=O) groups is 3. The fourth-order valence-corrected chi connectivity index (χ4v) is 2.62. The molecule has 0 saturated heterocycles. The Labute approximate surface area is 154 Å². The Morgan fingerprint density at radius 3 is 2.62 bits per heavy atom. The van der Waals surface area contributed by atoms with Gasteiger partial charge in [-0.05, 0) is 24.5 Å². The summed E-state index contributed by atoms with van der Waals surface area (Å²) in [5.41, 5.74) is 11.3. The van der Waals surface area contributed by atoms with Gasteiger partial charge >= 0.3 is 6.03 Å². The standard InChI is InChI=1S/C16H20N6O3S/c1-26-8-7-11(18-16(17)25)14(23)21-22-15(24)13-9-12(19-20-13)10-5-3-2-4-6-10/h2-6,9,11H,7-8H2,1H3,(H,19,20)(H,21,23)(H,22,24)(H3,17,18,25). The summed E-state index contributed by atoms with van der Waals surface area (Å²) in [5.74, 6) is -0.475. The average Bonchev–Trinajstić information content (AvgIpc) is 3.13. The van der Waals surface area contributed by atoms with E-state index in [-0.39, 0.29) is 5.69 Å². The first-order chi connectivity index (χ1) is 12.5. The van der Waals surface area contributed by atoms with Crippen LogP contribution in [0.3, 0.4) is 0 Å². The molecule has 1 unspecified atom stereocenters. The van der Waals surface area contributed by atoms with Crippen LogP contribution < -0.4 is 21.9 Å². The summed E-state index contributed by atoms with van der Waals surface area (Å²) in [6.45, 7) is 0. The smallest absolute Gasteiger partial charge is 0.312 e. The lowest BCUT2D eigenvalue weighted by Crippen LogP contribution is -2.53. The zero-order chi connectivity index (χ0) is 18.9. The average molecular weight is 376 g/mol. The van der Waals surface area contributed by atoms with Crippen molar-refractivity contribution in [3.63, 3.8) is 0 Å². The summed E-state index contributed by atoms with van der Waals surface area (Å²) < 4.78 is 0. The molecule has 0 bridgehead atoms. The fourth-order valence-electron chi connectivity index (χ4n) is 2.14. The van der Waals surface area contributed by atoms with Gasteiger partial charge in [0, 0.05) is 5.56 Å². The lowest BCUT2D eigenvalue weighted by atomic mass is 10.1. The van der Waals surface area contributed by atoms with Gasteiger partial charge in [-0.15, -0.1) is 0 Å². The molecule has 0 radical (unpaired) electrons. The van der Waals surface area contributed by atoms with Gasteiger partial charge in [-0.1, -0.05) is 30.3 Å². The maximum atomic E-state index is 12.1. The van der Waals surface area contributed by atoms with Crippen LogP contribution in [0.4, 0.5) is 4.79 Å². The van der Waals surface area contributed by atoms with E-state index in [0.29, 0.717) is 17.9 Å². The van der Waals surface area contributed by atoms with Gasteiger partial charge in [0.25, 0.3) is 11.8 Å². The number of thioether (sulfide) groups is 1. The Kier molecular flexibility index (Phi) is 7.03. The number of nitrogens with two attached hydrogens (primary N) is 1. The second-order valence-electron chi connectivity index (χ2n) is 5.32. The third kappa shape index (κ3) is 5.52. The number of aromatic nitrogens is 2. The van der Waals surface area contributed by atoms with E-state index in [4.69, 9.17) is 5.73 Å². The molecule has 1 atom stereocenters. The normalized spacial score (nSPS) is 11.4. The predicted octanol–water partition coefficient (Wildman–Crippen LogP) is 0.628. The van der Waals surface area contributed by atoms with Gasteiger partial charge in [-0.2, -0.15) is 16.9 Å². The van der Waals surface area contributed by atoms with E-state index in [9.17, 15) is 14.4 Å². The molecule has 0 aliphatic carbocycles. The maximum absolute atomic E-state index is 12.1. The number of H-pyrrole nitrogens is 1. The Balaban J connectivity index is 1.93. The van der Waals surface area contributed by atoms with Crippen LogP contribution in [0.5, 0.6) is 0 Å². The molecule has 1 aromatic heterocycles. The molecular formula is C16H20N6O3S. The van der Waals surface area contributed by atoms with Gasteiger partial charge in [-0.3, -0.25) is 25.5 Å². The second-order valence-corrected chi connectivity index (χ2v) is 6.30. The number of amides is 4. The highest BCUT2D eigenvalue weighted by Gasteiger charge is 2.20. The molecule has 0 fully saturated rings. The van der Waals surface area contributed by atoms with E-state index in [0.717, 1.165) is 5.56 Å². The van der Waals surface area contributed by atoms with Crippen LogP contribution in [0.1, 0.15) is 16.9 Å². The first-order valence-electron chi connectivity index (χ1n) is 7.77. The molecule has 1 aromatic carbocycles. The Bertz CT molecular complexity index is 764. The van der Waals surface area contributed by atoms with Crippen LogP contribution in [0.15, 0.2) is 36.4 Å². The highest BCUT2D eigenvalue weighted by atomic mass is 32.2. The minimum Gasteiger partial charge on any atom is -0.352 e. The van der Waals surface area contributed by atoms with Gasteiger partial charge in [-0.25, -0.2) is 4.79 Å². The van der Waals surface area contributed by atoms with E-state index in [1.54, 1.807) is 6.07 Å². The molecule has 138 valence electrons. The number of benzene rings is 1. The summed E-state index contributed by atoms with van der Waals surface area (Å²) >= 11 is 1.52. The fraction of sp³-hybridized carbons (Fsp3) is 0.250. The van der Waals surface area contributed by atoms with E-state index in [1.807, 2.05) is 36.6 Å². The van der Waals surface area contributed by atoms with Gasteiger partial charge in [0.15, 0.2) is 0 Å². The lowest BCUT2D eigenvalue weighted by molar-refractivity contribution is -0.123. The number of urea groups is 1. The Morgan fingerprint density at radius 2 is 1.96 bits per heavy atom. The number of nitrogens with zero attached hydrogens (tertiary/aromatic N) is 1. The van der Waals surface area contributed by atoms with Gasteiger partial charge in [0.1, 0.15) is 11.7 Å². The molecule has 6 N–H and O–H groups in total. The Hall–Kier alpha value is -3.01. The highest BCUT2D eigenvalue weighted by Crippen LogP contribution is 2.16. The van der Waals surface area contributed by atoms with E-state index >= 15 is 0 Å². The summed E-state index contributed by atoms with van der Waals surface area (Å²) in [5, 5.41) is 9.04. The van der Waals surface area contributed by atoms with Crippen LogP contribution in [0.2, 0.25) is 0 Å². The number of primary amides is 1. The predicted molar refractivity (Wildman–Crippen MR) is 99.1 cm³/mol. The molecule has 10 heteroatoms. The van der Waals surface area contributed by atoms with Crippen LogP contribution in [0, 0.1) is 0 Å². The zero-order valence-electron chi connectivity index (χ0n) is 14.1. The van der Waals surface area contributed by atoms with Crippen molar-refractivity contribution in [1.82, 2.24) is 26.4 Å². The summed E-state index contributed by atoms with van der Waals surface area (Å²) in [7, 11) is 0. The number of aromatic amines is 1. The number of hydrazine groups is 1. The zero-order valence-corrected chi connectivity index (χ0v) is 14.9. The quantitative estimate of drug-likeness (QED) is 0.451. The molecule has 9 nitrogen and oxygen atoms in total. The van der Waals surface area contributed by atoms with E-state index in [1.165, 1.54) is 11.8 Å². The van der Waals surface area contributed by atoms with Crippen LogP contribution in [-0.4, -0.2) is 46.1 Å². The van der Waals surface area contributed by atoms with Gasteiger partial charge in [0.05, 0.1) is 5.69 Å². The molecule has 0 spiro atoms. The van der Waals surface area contributed by atoms with Crippen LogP contribution in [0.25, 0.3) is 11.3 Å². The van der Waals surface area contributed by atoms with Crippen molar-refractivity contribution in [2.45, 2.75) is 12.5 Å². The first-order valence-corrected chi connectivity index (χ1v) is 9.16. The van der Waals surface area contributed by atoms with Crippen LogP contribution in [-0.2, 0) is 4.79 Å². The largest absolute Gasteiger partial charge is 0.352 e. The SMILES string of the molecule is CSCCC(NC(N)=O)C(=O)NNC(=O)c1cc(-c2ccccc2)n[nH]1. The van der Waals surface area contributed by atoms with Crippen molar-refractivity contribution >= 4 is 29.6 Å². The number of rotatable bonds is 7. The molecule has 26 heavy (non-hydrogen) atoms. The highest BCUT2D eigenvalue weighted by molar-refractivity contribution is 7.98. The minimum absolute atomic E-state index is 0.188. The molecule has 0 saturated carbocycles. The monoisotopic (exact) mass is 376 g/mol. The van der Waals surface area contributed by atoms with Crippen LogP contribution >= 0.6 is 11.8 Å². The molecular weight excluding hydrogens is 356 g/mol. The first kappa shape index (κ1) is 19.3. The third-order valence-electron chi connectivity index (χ3n) is 3.43. The maximum Gasteiger partial charge on any atom is 0.312 e. The molecule has 0 aliphatic rings. The molecule has 2 aromatic rings. The van der Waals surface area contributed by atoms with E-state index < -0.39 is 23.9 Å². The third-order valence-corrected chi connectivity index (χ3v) is 4.08. The Morgan fingerprint density at radius 1 is 1.23 bits per heavy atom. The van der Waals surface area contributed by atoms with Crippen molar-refractivity contribution in [2.24, 2.45) is 5.73 Å². The lowest BCUT2D eigenvalue weighted by Gasteiger charge is -2.16. The second kappa shape index (κ2) is 9.47. The minimum atomic E-state index is -0.832. The molecule has 2 rings (SSSR count). The summed E-state index contributed by atoms with van der Waals surface area (Å²) in [4.78, 5) is 35.3. The van der Waals surface area contributed by atoms with Crippen molar-refractivity contribution in [3.8, 4) is 11.3 Å². The summed E-state index contributed by atoms with van der Waals surface area (Å²) in [6, 6.07) is 9.28. The van der Waals surface area contributed by atoms with Gasteiger partial charge < -0.3 is 11.1 Å². The number of hydrogen-bond donors (Lipinski definition) is 5. The number of nitrogens with one attached hydrogen (secondary N) is 4. The van der Waals surface area contributed by atoms with Crippen molar-refractivity contribution < 1.29 is 14.4 Å². The molecule has 4 amide bonds. The number of carbonyl (C=O) groups excluding carboxylic acids is 3. The van der Waals surface area contributed by atoms with Gasteiger partial charge in [0.2, 0.25) is 0 Å². The number of hydrogen-bond acceptors (Lipinski definition) is 5. The van der Waals surface area contributed by atoms with E-state index in [2.05, 4.69) is 26.4 Å². The summed E-state index contributed by atoms with van der Waals surface area (Å²) in [6.07, 6.45) is 2.26. The molecule has 1 heterocycles. The molecule has 0 aliphatic heterocycles. The van der Waals surface area contributed by atoms with Crippen molar-refractivity contribution in [2.75, 3.05) is 12.0 Å². The topological polar surface area (TPSA) is 142 Å².